The smallest absolute Gasteiger partial charge is 0.0618 e. The van der Waals surface area contributed by atoms with Crippen molar-refractivity contribution >= 4 is 0 Å². The first-order valence-corrected chi connectivity index (χ1v) is 7.42. The Bertz CT molecular complexity index is 345. The van der Waals surface area contributed by atoms with Crippen LogP contribution in [0.1, 0.15) is 51.3 Å². The van der Waals surface area contributed by atoms with Gasteiger partial charge in [0, 0.05) is 19.2 Å². The Hall–Kier alpha value is -0.860. The molecule has 0 aliphatic heterocycles. The van der Waals surface area contributed by atoms with E-state index in [1.54, 1.807) is 7.11 Å². The van der Waals surface area contributed by atoms with Crippen LogP contribution in [0, 0.1) is 5.92 Å². The second kappa shape index (κ2) is 8.34. The standard InChI is InChI=1S/C17H29NO/c1-6-7-15-8-10-16(11-9-15)14(4)18-17(12-19-5)13(2)3/h8-11,13-14,17-18H,6-7,12H2,1-5H3. The fourth-order valence-corrected chi connectivity index (χ4v) is 2.29. The molecule has 0 fully saturated rings. The lowest BCUT2D eigenvalue weighted by Crippen LogP contribution is -2.39. The summed E-state index contributed by atoms with van der Waals surface area (Å²) in [5.41, 5.74) is 2.78. The molecule has 0 aliphatic rings. The highest BCUT2D eigenvalue weighted by Gasteiger charge is 2.16. The van der Waals surface area contributed by atoms with Crippen molar-refractivity contribution in [3.8, 4) is 0 Å². The number of ether oxygens (including phenoxy) is 1. The Balaban J connectivity index is 2.63. The maximum atomic E-state index is 5.29. The van der Waals surface area contributed by atoms with Crippen LogP contribution in [0.3, 0.4) is 0 Å². The summed E-state index contributed by atoms with van der Waals surface area (Å²) in [4.78, 5) is 0. The van der Waals surface area contributed by atoms with Crippen LogP contribution in [0.4, 0.5) is 0 Å². The summed E-state index contributed by atoms with van der Waals surface area (Å²) in [6.45, 7) is 9.66. The highest BCUT2D eigenvalue weighted by atomic mass is 16.5. The Labute approximate surface area is 118 Å². The summed E-state index contributed by atoms with van der Waals surface area (Å²) in [6.07, 6.45) is 2.37. The van der Waals surface area contributed by atoms with Crippen molar-refractivity contribution in [2.45, 2.75) is 52.6 Å². The fraction of sp³-hybridized carbons (Fsp3) is 0.647. The Kier molecular flexibility index (Phi) is 7.11. The number of nitrogens with one attached hydrogen (secondary N) is 1. The molecule has 0 saturated carbocycles. The van der Waals surface area contributed by atoms with E-state index in [1.165, 1.54) is 24.0 Å². The predicted octanol–water partition coefficient (Wildman–Crippen LogP) is 3.96. The van der Waals surface area contributed by atoms with Crippen LogP contribution in [0.15, 0.2) is 24.3 Å². The van der Waals surface area contributed by atoms with E-state index in [0.717, 1.165) is 6.61 Å². The molecule has 0 saturated heterocycles. The third-order valence-electron chi connectivity index (χ3n) is 3.63. The van der Waals surface area contributed by atoms with Crippen molar-refractivity contribution in [2.75, 3.05) is 13.7 Å². The molecule has 0 aliphatic carbocycles. The minimum atomic E-state index is 0.359. The predicted molar refractivity (Wildman–Crippen MR) is 82.5 cm³/mol. The van der Waals surface area contributed by atoms with Crippen molar-refractivity contribution in [2.24, 2.45) is 5.92 Å². The minimum Gasteiger partial charge on any atom is -0.383 e. The fourth-order valence-electron chi connectivity index (χ4n) is 2.29. The summed E-state index contributed by atoms with van der Waals surface area (Å²) < 4.78 is 5.29. The van der Waals surface area contributed by atoms with Gasteiger partial charge < -0.3 is 10.1 Å². The molecule has 0 spiro atoms. The Morgan fingerprint density at radius 1 is 1.11 bits per heavy atom. The largest absolute Gasteiger partial charge is 0.383 e. The van der Waals surface area contributed by atoms with Crippen molar-refractivity contribution in [3.05, 3.63) is 35.4 Å². The van der Waals surface area contributed by atoms with Crippen LogP contribution in [-0.4, -0.2) is 19.8 Å². The zero-order valence-electron chi connectivity index (χ0n) is 13.1. The van der Waals surface area contributed by atoms with Gasteiger partial charge in [0.05, 0.1) is 6.61 Å². The average Bonchev–Trinajstić information content (AvgIpc) is 2.39. The molecule has 1 aromatic rings. The first kappa shape index (κ1) is 16.2. The van der Waals surface area contributed by atoms with E-state index in [1.807, 2.05) is 0 Å². The normalized spacial score (nSPS) is 14.6. The first-order valence-electron chi connectivity index (χ1n) is 7.42. The van der Waals surface area contributed by atoms with E-state index >= 15 is 0 Å². The molecule has 0 bridgehead atoms. The van der Waals surface area contributed by atoms with Gasteiger partial charge in [-0.05, 0) is 30.4 Å². The number of methoxy groups -OCH3 is 1. The van der Waals surface area contributed by atoms with Gasteiger partial charge in [0.15, 0.2) is 0 Å². The molecule has 0 radical (unpaired) electrons. The molecule has 2 nitrogen and oxygen atoms in total. The zero-order valence-corrected chi connectivity index (χ0v) is 13.1. The summed E-state index contributed by atoms with van der Waals surface area (Å²) >= 11 is 0. The summed E-state index contributed by atoms with van der Waals surface area (Å²) in [6, 6.07) is 9.74. The molecule has 2 unspecified atom stereocenters. The second-order valence-corrected chi connectivity index (χ2v) is 5.69. The van der Waals surface area contributed by atoms with E-state index in [9.17, 15) is 0 Å². The quantitative estimate of drug-likeness (QED) is 0.766. The summed E-state index contributed by atoms with van der Waals surface area (Å²) in [5.74, 6) is 0.571. The highest BCUT2D eigenvalue weighted by molar-refractivity contribution is 5.24. The van der Waals surface area contributed by atoms with E-state index < -0.39 is 0 Å². The highest BCUT2D eigenvalue weighted by Crippen LogP contribution is 2.16. The lowest BCUT2D eigenvalue weighted by atomic mass is 10.0. The average molecular weight is 263 g/mol. The van der Waals surface area contributed by atoms with Gasteiger partial charge in [0.1, 0.15) is 0 Å². The number of benzene rings is 1. The molecule has 2 atom stereocenters. The zero-order chi connectivity index (χ0) is 14.3. The Morgan fingerprint density at radius 3 is 2.21 bits per heavy atom. The van der Waals surface area contributed by atoms with Gasteiger partial charge in [-0.15, -0.1) is 0 Å². The van der Waals surface area contributed by atoms with Crippen LogP contribution >= 0.6 is 0 Å². The van der Waals surface area contributed by atoms with Crippen molar-refractivity contribution in [1.82, 2.24) is 5.32 Å². The molecule has 0 heterocycles. The molecule has 108 valence electrons. The van der Waals surface area contributed by atoms with Crippen LogP contribution < -0.4 is 5.32 Å². The summed E-state index contributed by atoms with van der Waals surface area (Å²) in [5, 5.41) is 3.66. The topological polar surface area (TPSA) is 21.3 Å². The molecule has 1 aromatic carbocycles. The SMILES string of the molecule is CCCc1ccc(C(C)NC(COC)C(C)C)cc1. The molecule has 1 N–H and O–H groups in total. The van der Waals surface area contributed by atoms with Gasteiger partial charge in [-0.1, -0.05) is 51.5 Å². The van der Waals surface area contributed by atoms with Crippen LogP contribution in [0.2, 0.25) is 0 Å². The maximum Gasteiger partial charge on any atom is 0.0618 e. The summed E-state index contributed by atoms with van der Waals surface area (Å²) in [7, 11) is 1.77. The Morgan fingerprint density at radius 2 is 1.74 bits per heavy atom. The van der Waals surface area contributed by atoms with E-state index in [-0.39, 0.29) is 0 Å². The maximum absolute atomic E-state index is 5.29. The van der Waals surface area contributed by atoms with Crippen molar-refractivity contribution < 1.29 is 4.74 Å². The molecule has 0 aromatic heterocycles. The van der Waals surface area contributed by atoms with E-state index in [2.05, 4.69) is 57.3 Å². The second-order valence-electron chi connectivity index (χ2n) is 5.69. The minimum absolute atomic E-state index is 0.359. The molecule has 1 rings (SSSR count). The van der Waals surface area contributed by atoms with Gasteiger partial charge in [-0.25, -0.2) is 0 Å². The molecular weight excluding hydrogens is 234 g/mol. The molecule has 2 heteroatoms. The monoisotopic (exact) mass is 263 g/mol. The number of hydrogen-bond donors (Lipinski definition) is 1. The third-order valence-corrected chi connectivity index (χ3v) is 3.63. The first-order chi connectivity index (χ1) is 9.08. The van der Waals surface area contributed by atoms with Crippen molar-refractivity contribution in [1.29, 1.82) is 0 Å². The number of aryl methyl sites for hydroxylation is 1. The van der Waals surface area contributed by atoms with Gasteiger partial charge in [-0.3, -0.25) is 0 Å². The number of hydrogen-bond acceptors (Lipinski definition) is 2. The third kappa shape index (κ3) is 5.33. The molecule has 0 amide bonds. The molecular formula is C17H29NO. The lowest BCUT2D eigenvalue weighted by molar-refractivity contribution is 0.141. The number of rotatable bonds is 8. The van der Waals surface area contributed by atoms with Gasteiger partial charge in [-0.2, -0.15) is 0 Å². The van der Waals surface area contributed by atoms with Crippen LogP contribution in [0.5, 0.6) is 0 Å². The van der Waals surface area contributed by atoms with Gasteiger partial charge >= 0.3 is 0 Å². The van der Waals surface area contributed by atoms with Crippen molar-refractivity contribution in [3.63, 3.8) is 0 Å². The van der Waals surface area contributed by atoms with E-state index in [4.69, 9.17) is 4.74 Å². The molecule has 19 heavy (non-hydrogen) atoms. The van der Waals surface area contributed by atoms with Crippen LogP contribution in [0.25, 0.3) is 0 Å². The lowest BCUT2D eigenvalue weighted by Gasteiger charge is -2.26. The van der Waals surface area contributed by atoms with Gasteiger partial charge in [0.2, 0.25) is 0 Å². The van der Waals surface area contributed by atoms with Gasteiger partial charge in [0.25, 0.3) is 0 Å². The van der Waals surface area contributed by atoms with E-state index in [0.29, 0.717) is 18.0 Å². The van der Waals surface area contributed by atoms with Crippen LogP contribution in [-0.2, 0) is 11.2 Å².